The zero-order chi connectivity index (χ0) is 11.7. The molecule has 0 atom stereocenters. The summed E-state index contributed by atoms with van der Waals surface area (Å²) in [7, 11) is 1.50. The molecule has 0 aliphatic carbocycles. The second kappa shape index (κ2) is 3.84. The SMILES string of the molecule is COc1cc(F)c(-c2cnoc2N)cc1C. The topological polar surface area (TPSA) is 61.3 Å². The van der Waals surface area contributed by atoms with Gasteiger partial charge in [0.2, 0.25) is 5.88 Å². The number of hydrogen-bond donors (Lipinski definition) is 1. The molecule has 0 amide bonds. The lowest BCUT2D eigenvalue weighted by Gasteiger charge is -2.07. The Labute approximate surface area is 91.8 Å². The number of aryl methyl sites for hydroxylation is 1. The molecule has 1 heterocycles. The van der Waals surface area contributed by atoms with Crippen molar-refractivity contribution in [2.24, 2.45) is 0 Å². The molecule has 0 saturated heterocycles. The number of hydrogen-bond acceptors (Lipinski definition) is 4. The predicted octanol–water partition coefficient (Wildman–Crippen LogP) is 2.38. The molecule has 5 heteroatoms. The Morgan fingerprint density at radius 2 is 2.12 bits per heavy atom. The van der Waals surface area contributed by atoms with Gasteiger partial charge >= 0.3 is 0 Å². The Morgan fingerprint density at radius 3 is 2.69 bits per heavy atom. The monoisotopic (exact) mass is 222 g/mol. The molecule has 0 aliphatic rings. The normalized spacial score (nSPS) is 10.4. The summed E-state index contributed by atoms with van der Waals surface area (Å²) in [5.41, 5.74) is 7.16. The average Bonchev–Trinajstić information content (AvgIpc) is 2.67. The van der Waals surface area contributed by atoms with Gasteiger partial charge in [-0.05, 0) is 18.6 Å². The largest absolute Gasteiger partial charge is 0.496 e. The molecule has 0 fully saturated rings. The summed E-state index contributed by atoms with van der Waals surface area (Å²) in [6, 6.07) is 2.97. The van der Waals surface area contributed by atoms with E-state index >= 15 is 0 Å². The summed E-state index contributed by atoms with van der Waals surface area (Å²) in [4.78, 5) is 0. The molecular weight excluding hydrogens is 211 g/mol. The number of rotatable bonds is 2. The van der Waals surface area contributed by atoms with Crippen LogP contribution in [0.2, 0.25) is 0 Å². The molecule has 4 nitrogen and oxygen atoms in total. The molecule has 0 spiro atoms. The smallest absolute Gasteiger partial charge is 0.230 e. The number of nitrogens with zero attached hydrogens (tertiary/aromatic N) is 1. The summed E-state index contributed by atoms with van der Waals surface area (Å²) >= 11 is 0. The van der Waals surface area contributed by atoms with Crippen LogP contribution in [0.5, 0.6) is 5.75 Å². The molecular formula is C11H11FN2O2. The Kier molecular flexibility index (Phi) is 2.52. The van der Waals surface area contributed by atoms with Crippen LogP contribution < -0.4 is 10.5 Å². The molecule has 1 aromatic heterocycles. The predicted molar refractivity (Wildman–Crippen MR) is 57.6 cm³/mol. The number of ether oxygens (including phenoxy) is 1. The maximum atomic E-state index is 13.8. The molecule has 1 aromatic carbocycles. The van der Waals surface area contributed by atoms with Crippen molar-refractivity contribution in [1.29, 1.82) is 0 Å². The van der Waals surface area contributed by atoms with E-state index in [0.29, 0.717) is 16.9 Å². The molecule has 0 bridgehead atoms. The first-order valence-electron chi connectivity index (χ1n) is 4.68. The van der Waals surface area contributed by atoms with Crippen molar-refractivity contribution in [3.63, 3.8) is 0 Å². The molecule has 2 N–H and O–H groups in total. The minimum Gasteiger partial charge on any atom is -0.496 e. The van der Waals surface area contributed by atoms with E-state index in [1.807, 2.05) is 6.92 Å². The molecule has 16 heavy (non-hydrogen) atoms. The Balaban J connectivity index is 2.59. The van der Waals surface area contributed by atoms with Crippen LogP contribution in [0.1, 0.15) is 5.56 Å². The second-order valence-electron chi connectivity index (χ2n) is 3.41. The van der Waals surface area contributed by atoms with Crippen LogP contribution in [0.4, 0.5) is 10.3 Å². The van der Waals surface area contributed by atoms with Crippen LogP contribution in [-0.4, -0.2) is 12.3 Å². The van der Waals surface area contributed by atoms with E-state index in [4.69, 9.17) is 15.0 Å². The molecule has 0 unspecified atom stereocenters. The van der Waals surface area contributed by atoms with Gasteiger partial charge in [0.05, 0.1) is 18.9 Å². The third-order valence-corrected chi connectivity index (χ3v) is 2.37. The lowest BCUT2D eigenvalue weighted by molar-refractivity contribution is 0.408. The van der Waals surface area contributed by atoms with E-state index in [-0.39, 0.29) is 5.88 Å². The van der Waals surface area contributed by atoms with Gasteiger partial charge in [-0.2, -0.15) is 0 Å². The molecule has 2 aromatic rings. The van der Waals surface area contributed by atoms with Crippen LogP contribution in [0.25, 0.3) is 11.1 Å². The maximum absolute atomic E-state index is 13.8. The van der Waals surface area contributed by atoms with E-state index in [1.54, 1.807) is 6.07 Å². The van der Waals surface area contributed by atoms with Crippen molar-refractivity contribution in [1.82, 2.24) is 5.16 Å². The van der Waals surface area contributed by atoms with E-state index < -0.39 is 5.82 Å². The average molecular weight is 222 g/mol. The summed E-state index contributed by atoms with van der Waals surface area (Å²) < 4.78 is 23.5. The number of benzene rings is 1. The van der Waals surface area contributed by atoms with Gasteiger partial charge in [-0.25, -0.2) is 4.39 Å². The van der Waals surface area contributed by atoms with Gasteiger partial charge in [-0.15, -0.1) is 0 Å². The highest BCUT2D eigenvalue weighted by atomic mass is 19.1. The fourth-order valence-corrected chi connectivity index (χ4v) is 1.54. The fourth-order valence-electron chi connectivity index (χ4n) is 1.54. The fraction of sp³-hybridized carbons (Fsp3) is 0.182. The second-order valence-corrected chi connectivity index (χ2v) is 3.41. The minimum absolute atomic E-state index is 0.100. The van der Waals surface area contributed by atoms with E-state index in [2.05, 4.69) is 5.16 Å². The third-order valence-electron chi connectivity index (χ3n) is 2.37. The maximum Gasteiger partial charge on any atom is 0.230 e. The molecule has 0 saturated carbocycles. The van der Waals surface area contributed by atoms with Crippen molar-refractivity contribution in [3.8, 4) is 16.9 Å². The Hall–Kier alpha value is -2.04. The third kappa shape index (κ3) is 1.60. The summed E-state index contributed by atoms with van der Waals surface area (Å²) in [5.74, 6) is 0.178. The van der Waals surface area contributed by atoms with Crippen molar-refractivity contribution < 1.29 is 13.7 Å². The van der Waals surface area contributed by atoms with Crippen molar-refractivity contribution in [3.05, 3.63) is 29.7 Å². The van der Waals surface area contributed by atoms with E-state index in [1.165, 1.54) is 19.4 Å². The van der Waals surface area contributed by atoms with Gasteiger partial charge < -0.3 is 15.0 Å². The molecule has 0 aliphatic heterocycles. The van der Waals surface area contributed by atoms with Crippen molar-refractivity contribution in [2.45, 2.75) is 6.92 Å². The van der Waals surface area contributed by atoms with Gasteiger partial charge in [0, 0.05) is 11.6 Å². The summed E-state index contributed by atoms with van der Waals surface area (Å²) in [6.45, 7) is 1.82. The number of nitrogens with two attached hydrogens (primary N) is 1. The van der Waals surface area contributed by atoms with Crippen LogP contribution in [0, 0.1) is 12.7 Å². The van der Waals surface area contributed by atoms with Gasteiger partial charge in [-0.3, -0.25) is 0 Å². The first-order chi connectivity index (χ1) is 7.63. The van der Waals surface area contributed by atoms with Crippen molar-refractivity contribution in [2.75, 3.05) is 12.8 Å². The van der Waals surface area contributed by atoms with Gasteiger partial charge in [0.25, 0.3) is 0 Å². The van der Waals surface area contributed by atoms with Gasteiger partial charge in [0.15, 0.2) is 0 Å². The number of halogens is 1. The van der Waals surface area contributed by atoms with E-state index in [0.717, 1.165) is 5.56 Å². The number of methoxy groups -OCH3 is 1. The van der Waals surface area contributed by atoms with Gasteiger partial charge in [0.1, 0.15) is 11.6 Å². The molecule has 84 valence electrons. The van der Waals surface area contributed by atoms with Crippen LogP contribution in [0.3, 0.4) is 0 Å². The number of nitrogen functional groups attached to an aromatic ring is 1. The van der Waals surface area contributed by atoms with E-state index in [9.17, 15) is 4.39 Å². The molecule has 0 radical (unpaired) electrons. The standard InChI is InChI=1S/C11H11FN2O2/c1-6-3-7(8-5-14-16-11(8)13)9(12)4-10(6)15-2/h3-5H,13H2,1-2H3. The first kappa shape index (κ1) is 10.5. The highest BCUT2D eigenvalue weighted by Crippen LogP contribution is 2.32. The summed E-state index contributed by atoms with van der Waals surface area (Å²) in [6.07, 6.45) is 1.39. The number of anilines is 1. The Bertz CT molecular complexity index is 523. The summed E-state index contributed by atoms with van der Waals surface area (Å²) in [5, 5.41) is 3.51. The van der Waals surface area contributed by atoms with Crippen molar-refractivity contribution >= 4 is 5.88 Å². The van der Waals surface area contributed by atoms with Crippen LogP contribution in [0.15, 0.2) is 22.9 Å². The lowest BCUT2D eigenvalue weighted by atomic mass is 10.0. The van der Waals surface area contributed by atoms with Crippen LogP contribution >= 0.6 is 0 Å². The minimum atomic E-state index is -0.419. The zero-order valence-corrected chi connectivity index (χ0v) is 8.95. The quantitative estimate of drug-likeness (QED) is 0.847. The highest BCUT2D eigenvalue weighted by Gasteiger charge is 2.14. The highest BCUT2D eigenvalue weighted by molar-refractivity contribution is 5.73. The van der Waals surface area contributed by atoms with Gasteiger partial charge in [-0.1, -0.05) is 5.16 Å². The Morgan fingerprint density at radius 1 is 1.38 bits per heavy atom. The lowest BCUT2D eigenvalue weighted by Crippen LogP contribution is -1.93. The molecule has 2 rings (SSSR count). The first-order valence-corrected chi connectivity index (χ1v) is 4.68. The number of aromatic nitrogens is 1. The van der Waals surface area contributed by atoms with Crippen LogP contribution in [-0.2, 0) is 0 Å². The zero-order valence-electron chi connectivity index (χ0n) is 8.95.